The Kier molecular flexibility index (Phi) is 3.21. The van der Waals surface area contributed by atoms with Crippen LogP contribution in [-0.4, -0.2) is 13.1 Å². The fraction of sp³-hybridized carbons (Fsp3) is 0.0556. The lowest BCUT2D eigenvalue weighted by atomic mass is 10.0. The Morgan fingerprint density at radius 1 is 0.750 bits per heavy atom. The molecule has 2 nitrogen and oxygen atoms in total. The van der Waals surface area contributed by atoms with Gasteiger partial charge in [-0.2, -0.15) is 0 Å². The Morgan fingerprint density at radius 2 is 1.40 bits per heavy atom. The molecule has 0 spiro atoms. The van der Waals surface area contributed by atoms with Gasteiger partial charge in [0.2, 0.25) is 0 Å². The third-order valence-corrected chi connectivity index (χ3v) is 3.41. The fourth-order valence-electron chi connectivity index (χ4n) is 2.46. The highest BCUT2D eigenvalue weighted by Crippen LogP contribution is 2.37. The molecule has 0 aliphatic heterocycles. The number of fused-ring (bicyclic) bond motifs is 1. The maximum atomic E-state index is 11.9. The van der Waals surface area contributed by atoms with E-state index < -0.39 is 0 Å². The van der Waals surface area contributed by atoms with Crippen LogP contribution in [0.4, 0.5) is 0 Å². The first-order valence-electron chi connectivity index (χ1n) is 6.47. The fourth-order valence-corrected chi connectivity index (χ4v) is 2.46. The summed E-state index contributed by atoms with van der Waals surface area (Å²) in [5.74, 6) is -0.309. The zero-order valence-electron chi connectivity index (χ0n) is 11.2. The highest BCUT2D eigenvalue weighted by Gasteiger charge is 2.17. The molecule has 0 saturated heterocycles. The molecule has 0 bridgehead atoms. The summed E-state index contributed by atoms with van der Waals surface area (Å²) in [6, 6.07) is 21.8. The first-order chi connectivity index (χ1) is 9.81. The van der Waals surface area contributed by atoms with Gasteiger partial charge < -0.3 is 4.74 Å². The van der Waals surface area contributed by atoms with E-state index in [1.807, 2.05) is 48.5 Å². The van der Waals surface area contributed by atoms with Crippen LogP contribution in [0.15, 0.2) is 66.7 Å². The van der Waals surface area contributed by atoms with Gasteiger partial charge in [0.25, 0.3) is 0 Å². The average molecular weight is 262 g/mol. The van der Waals surface area contributed by atoms with Gasteiger partial charge in [-0.15, -0.1) is 0 Å². The van der Waals surface area contributed by atoms with Crippen LogP contribution >= 0.6 is 0 Å². The number of esters is 1. The number of carbonyl (C=O) groups excluding carboxylic acids is 1. The monoisotopic (exact) mass is 262 g/mol. The molecule has 2 heteroatoms. The van der Waals surface area contributed by atoms with E-state index in [0.29, 0.717) is 5.56 Å². The second kappa shape index (κ2) is 5.17. The van der Waals surface area contributed by atoms with E-state index in [0.717, 1.165) is 22.3 Å². The second-order valence-corrected chi connectivity index (χ2v) is 4.56. The SMILES string of the molecule is COC(=O)c1ccccc2c(-c3ccccc3)ccc1-2. The van der Waals surface area contributed by atoms with Crippen LogP contribution in [0.5, 0.6) is 0 Å². The van der Waals surface area contributed by atoms with Crippen molar-refractivity contribution in [2.24, 2.45) is 0 Å². The molecule has 1 aromatic rings. The number of hydrogen-bond acceptors (Lipinski definition) is 2. The van der Waals surface area contributed by atoms with Crippen molar-refractivity contribution in [1.29, 1.82) is 0 Å². The van der Waals surface area contributed by atoms with Crippen molar-refractivity contribution < 1.29 is 9.53 Å². The van der Waals surface area contributed by atoms with E-state index in [-0.39, 0.29) is 5.97 Å². The number of hydrogen-bond donors (Lipinski definition) is 0. The molecule has 0 atom stereocenters. The third-order valence-electron chi connectivity index (χ3n) is 3.41. The van der Waals surface area contributed by atoms with Gasteiger partial charge in [0.05, 0.1) is 12.7 Å². The summed E-state index contributed by atoms with van der Waals surface area (Å²) in [7, 11) is 1.40. The first kappa shape index (κ1) is 12.4. The van der Waals surface area contributed by atoms with E-state index in [1.165, 1.54) is 7.11 Å². The number of rotatable bonds is 2. The minimum atomic E-state index is -0.309. The molecule has 0 aromatic heterocycles. The standard InChI is InChI=1S/C18H14O2/c1-20-18(19)17-10-6-5-9-15-14(11-12-16(15)17)13-7-3-2-4-8-13/h2-12H,1H3. The van der Waals surface area contributed by atoms with Crippen LogP contribution < -0.4 is 0 Å². The van der Waals surface area contributed by atoms with Crippen molar-refractivity contribution in [2.45, 2.75) is 0 Å². The molecule has 0 fully saturated rings. The number of ether oxygens (including phenoxy) is 1. The molecule has 2 aliphatic carbocycles. The summed E-state index contributed by atoms with van der Waals surface area (Å²) in [4.78, 5) is 11.9. The predicted molar refractivity (Wildman–Crippen MR) is 79.8 cm³/mol. The smallest absolute Gasteiger partial charge is 0.338 e. The third kappa shape index (κ3) is 2.05. The zero-order valence-corrected chi connectivity index (χ0v) is 11.2. The van der Waals surface area contributed by atoms with Gasteiger partial charge in [-0.3, -0.25) is 0 Å². The molecule has 98 valence electrons. The summed E-state index contributed by atoms with van der Waals surface area (Å²) in [5, 5.41) is 0. The first-order valence-corrected chi connectivity index (χ1v) is 6.47. The molecule has 1 aromatic carbocycles. The molecule has 20 heavy (non-hydrogen) atoms. The van der Waals surface area contributed by atoms with Gasteiger partial charge in [0.15, 0.2) is 0 Å². The number of methoxy groups -OCH3 is 1. The van der Waals surface area contributed by atoms with Crippen LogP contribution in [0.2, 0.25) is 0 Å². The Balaban J connectivity index is 2.20. The van der Waals surface area contributed by atoms with Crippen LogP contribution in [0, 0.1) is 0 Å². The summed E-state index contributed by atoms with van der Waals surface area (Å²) in [6.45, 7) is 0. The van der Waals surface area contributed by atoms with Gasteiger partial charge >= 0.3 is 5.97 Å². The summed E-state index contributed by atoms with van der Waals surface area (Å²) < 4.78 is 4.86. The highest BCUT2D eigenvalue weighted by atomic mass is 16.5. The lowest BCUT2D eigenvalue weighted by Gasteiger charge is -2.05. The minimum Gasteiger partial charge on any atom is -0.465 e. The van der Waals surface area contributed by atoms with E-state index in [9.17, 15) is 4.79 Å². The summed E-state index contributed by atoms with van der Waals surface area (Å²) in [6.07, 6.45) is 0. The Hall–Kier alpha value is -2.61. The average Bonchev–Trinajstić information content (AvgIpc) is 2.80. The van der Waals surface area contributed by atoms with Crippen molar-refractivity contribution in [3.05, 3.63) is 72.3 Å². The molecular weight excluding hydrogens is 248 g/mol. The lowest BCUT2D eigenvalue weighted by Crippen LogP contribution is -2.01. The Bertz CT molecular complexity index is 717. The second-order valence-electron chi connectivity index (χ2n) is 4.56. The largest absolute Gasteiger partial charge is 0.465 e. The molecule has 0 amide bonds. The predicted octanol–water partition coefficient (Wildman–Crippen LogP) is 4.25. The molecule has 0 N–H and O–H groups in total. The zero-order chi connectivity index (χ0) is 13.9. The van der Waals surface area contributed by atoms with Crippen LogP contribution in [0.3, 0.4) is 0 Å². The molecule has 0 radical (unpaired) electrons. The highest BCUT2D eigenvalue weighted by molar-refractivity contribution is 6.01. The van der Waals surface area contributed by atoms with Gasteiger partial charge in [-0.1, -0.05) is 60.7 Å². The molecule has 3 rings (SSSR count). The summed E-state index contributed by atoms with van der Waals surface area (Å²) >= 11 is 0. The number of benzene rings is 1. The van der Waals surface area contributed by atoms with Crippen molar-refractivity contribution in [2.75, 3.05) is 7.11 Å². The minimum absolute atomic E-state index is 0.309. The van der Waals surface area contributed by atoms with E-state index in [1.54, 1.807) is 6.07 Å². The van der Waals surface area contributed by atoms with Crippen molar-refractivity contribution in [1.82, 2.24) is 0 Å². The Morgan fingerprint density at radius 3 is 2.15 bits per heavy atom. The maximum Gasteiger partial charge on any atom is 0.338 e. The van der Waals surface area contributed by atoms with Crippen molar-refractivity contribution in [3.63, 3.8) is 0 Å². The summed E-state index contributed by atoms with van der Waals surface area (Å²) in [5.41, 5.74) is 4.84. The van der Waals surface area contributed by atoms with Gasteiger partial charge in [0.1, 0.15) is 0 Å². The van der Waals surface area contributed by atoms with Gasteiger partial charge in [0, 0.05) is 0 Å². The van der Waals surface area contributed by atoms with Crippen molar-refractivity contribution in [3.8, 4) is 22.3 Å². The Labute approximate surface area is 118 Å². The topological polar surface area (TPSA) is 26.3 Å². The van der Waals surface area contributed by atoms with Gasteiger partial charge in [-0.25, -0.2) is 4.79 Å². The maximum absolute atomic E-state index is 11.9. The molecule has 0 unspecified atom stereocenters. The number of carbonyl (C=O) groups is 1. The van der Waals surface area contributed by atoms with E-state index in [4.69, 9.17) is 4.74 Å². The molecular formula is C18H14O2. The van der Waals surface area contributed by atoms with Crippen LogP contribution in [0.25, 0.3) is 22.3 Å². The normalized spacial score (nSPS) is 10.4. The quantitative estimate of drug-likeness (QED) is 0.645. The molecule has 2 aliphatic rings. The van der Waals surface area contributed by atoms with Gasteiger partial charge in [-0.05, 0) is 28.3 Å². The van der Waals surface area contributed by atoms with Crippen LogP contribution in [-0.2, 0) is 4.74 Å². The lowest BCUT2D eigenvalue weighted by molar-refractivity contribution is 0.0602. The molecule has 0 saturated carbocycles. The molecule has 0 heterocycles. The van der Waals surface area contributed by atoms with Crippen LogP contribution in [0.1, 0.15) is 10.4 Å². The van der Waals surface area contributed by atoms with E-state index in [2.05, 4.69) is 12.1 Å². The van der Waals surface area contributed by atoms with E-state index >= 15 is 0 Å². The van der Waals surface area contributed by atoms with Crippen molar-refractivity contribution >= 4 is 5.97 Å².